The van der Waals surface area contributed by atoms with Gasteiger partial charge < -0.3 is 5.32 Å². The average molecular weight is 264 g/mol. The molecule has 3 nitrogen and oxygen atoms in total. The maximum Gasteiger partial charge on any atom is 0.0837 e. The molecule has 0 aliphatic heterocycles. The van der Waals surface area contributed by atoms with Gasteiger partial charge in [0.2, 0.25) is 0 Å². The Morgan fingerprint density at radius 1 is 1.22 bits per heavy atom. The SMILES string of the molecule is CNC(c1ccccc1)c1c(Cl)cnn1C(C)C. The summed E-state index contributed by atoms with van der Waals surface area (Å²) in [7, 11) is 1.94. The molecule has 2 aromatic rings. The Hall–Kier alpha value is -1.32. The number of benzene rings is 1. The maximum atomic E-state index is 6.29. The van der Waals surface area contributed by atoms with Gasteiger partial charge in [-0.3, -0.25) is 4.68 Å². The second-order valence-corrected chi connectivity index (χ2v) is 4.96. The van der Waals surface area contributed by atoms with Gasteiger partial charge in [-0.15, -0.1) is 0 Å². The summed E-state index contributed by atoms with van der Waals surface area (Å²) in [6, 6.07) is 10.6. The molecule has 1 N–H and O–H groups in total. The van der Waals surface area contributed by atoms with Crippen LogP contribution in [0.4, 0.5) is 0 Å². The second-order valence-electron chi connectivity index (χ2n) is 4.55. The third-order valence-corrected chi connectivity index (χ3v) is 3.26. The number of aromatic nitrogens is 2. The standard InChI is InChI=1S/C14H18ClN3/c1-10(2)18-14(12(15)9-17-18)13(16-3)11-7-5-4-6-8-11/h4-10,13,16H,1-3H3. The lowest BCUT2D eigenvalue weighted by Gasteiger charge is -2.20. The third kappa shape index (κ3) is 2.42. The highest BCUT2D eigenvalue weighted by atomic mass is 35.5. The van der Waals surface area contributed by atoms with Crippen molar-refractivity contribution in [3.05, 3.63) is 52.8 Å². The van der Waals surface area contributed by atoms with Gasteiger partial charge in [-0.25, -0.2) is 0 Å². The highest BCUT2D eigenvalue weighted by molar-refractivity contribution is 6.31. The van der Waals surface area contributed by atoms with Crippen molar-refractivity contribution in [2.24, 2.45) is 0 Å². The summed E-state index contributed by atoms with van der Waals surface area (Å²) in [5, 5.41) is 8.37. The fraction of sp³-hybridized carbons (Fsp3) is 0.357. The maximum absolute atomic E-state index is 6.29. The quantitative estimate of drug-likeness (QED) is 0.916. The molecule has 0 fully saturated rings. The van der Waals surface area contributed by atoms with Crippen molar-refractivity contribution in [1.82, 2.24) is 15.1 Å². The largest absolute Gasteiger partial charge is 0.308 e. The molecule has 0 aliphatic carbocycles. The van der Waals surface area contributed by atoms with Gasteiger partial charge in [-0.05, 0) is 26.5 Å². The highest BCUT2D eigenvalue weighted by Crippen LogP contribution is 2.29. The summed E-state index contributed by atoms with van der Waals surface area (Å²) >= 11 is 6.29. The molecule has 0 saturated carbocycles. The first-order valence-electron chi connectivity index (χ1n) is 6.10. The Morgan fingerprint density at radius 3 is 2.44 bits per heavy atom. The molecule has 18 heavy (non-hydrogen) atoms. The number of nitrogens with zero attached hydrogens (tertiary/aromatic N) is 2. The van der Waals surface area contributed by atoms with Crippen LogP contribution in [0.2, 0.25) is 5.02 Å². The molecule has 96 valence electrons. The van der Waals surface area contributed by atoms with Gasteiger partial charge in [0.15, 0.2) is 0 Å². The minimum atomic E-state index is 0.0589. The van der Waals surface area contributed by atoms with Gasteiger partial charge in [-0.1, -0.05) is 41.9 Å². The van der Waals surface area contributed by atoms with Crippen LogP contribution in [0.3, 0.4) is 0 Å². The van der Waals surface area contributed by atoms with Crippen molar-refractivity contribution in [3.63, 3.8) is 0 Å². The molecule has 1 heterocycles. The van der Waals surface area contributed by atoms with Crippen molar-refractivity contribution in [1.29, 1.82) is 0 Å². The average Bonchev–Trinajstić information content (AvgIpc) is 2.74. The summed E-state index contributed by atoms with van der Waals surface area (Å²) < 4.78 is 1.97. The summed E-state index contributed by atoms with van der Waals surface area (Å²) in [5.74, 6) is 0. The molecule has 1 unspecified atom stereocenters. The molecule has 0 spiro atoms. The molecular weight excluding hydrogens is 246 g/mol. The second kappa shape index (κ2) is 5.55. The van der Waals surface area contributed by atoms with Crippen molar-refractivity contribution < 1.29 is 0 Å². The topological polar surface area (TPSA) is 29.9 Å². The molecule has 0 bridgehead atoms. The molecule has 2 rings (SSSR count). The monoisotopic (exact) mass is 263 g/mol. The van der Waals surface area contributed by atoms with E-state index in [1.54, 1.807) is 6.20 Å². The van der Waals surface area contributed by atoms with E-state index in [-0.39, 0.29) is 12.1 Å². The Labute approximate surface area is 113 Å². The van der Waals surface area contributed by atoms with Gasteiger partial charge in [-0.2, -0.15) is 5.10 Å². The summed E-state index contributed by atoms with van der Waals surface area (Å²) in [5.41, 5.74) is 2.20. The number of halogens is 1. The van der Waals surface area contributed by atoms with E-state index in [0.717, 1.165) is 5.69 Å². The van der Waals surface area contributed by atoms with Crippen LogP contribution in [-0.4, -0.2) is 16.8 Å². The molecule has 4 heteroatoms. The molecule has 1 aromatic heterocycles. The molecule has 0 amide bonds. The van der Waals surface area contributed by atoms with Crippen LogP contribution >= 0.6 is 11.6 Å². The molecule has 0 radical (unpaired) electrons. The Balaban J connectivity index is 2.48. The number of rotatable bonds is 4. The first-order chi connectivity index (χ1) is 8.65. The van der Waals surface area contributed by atoms with E-state index in [2.05, 4.69) is 36.4 Å². The summed E-state index contributed by atoms with van der Waals surface area (Å²) in [6.45, 7) is 4.20. The zero-order valence-corrected chi connectivity index (χ0v) is 11.6. The van der Waals surface area contributed by atoms with E-state index in [0.29, 0.717) is 5.02 Å². The van der Waals surface area contributed by atoms with E-state index < -0.39 is 0 Å². The van der Waals surface area contributed by atoms with Crippen molar-refractivity contribution >= 4 is 11.6 Å². The molecule has 1 aromatic carbocycles. The number of nitrogens with one attached hydrogen (secondary N) is 1. The van der Waals surface area contributed by atoms with E-state index >= 15 is 0 Å². The number of hydrogen-bond donors (Lipinski definition) is 1. The predicted molar refractivity (Wildman–Crippen MR) is 75.0 cm³/mol. The zero-order valence-electron chi connectivity index (χ0n) is 10.9. The van der Waals surface area contributed by atoms with E-state index in [1.165, 1.54) is 5.56 Å². The van der Waals surface area contributed by atoms with E-state index in [4.69, 9.17) is 11.6 Å². The third-order valence-electron chi connectivity index (χ3n) is 2.97. The van der Waals surface area contributed by atoms with Gasteiger partial charge in [0, 0.05) is 6.04 Å². The number of hydrogen-bond acceptors (Lipinski definition) is 2. The van der Waals surface area contributed by atoms with Gasteiger partial charge in [0.1, 0.15) is 0 Å². The predicted octanol–water partition coefficient (Wildman–Crippen LogP) is 3.43. The van der Waals surface area contributed by atoms with Gasteiger partial charge in [0.25, 0.3) is 0 Å². The Morgan fingerprint density at radius 2 is 1.89 bits per heavy atom. The Bertz CT molecular complexity index is 505. The van der Waals surface area contributed by atoms with Crippen molar-refractivity contribution in [2.45, 2.75) is 25.9 Å². The van der Waals surface area contributed by atoms with Crippen molar-refractivity contribution in [3.8, 4) is 0 Å². The highest BCUT2D eigenvalue weighted by Gasteiger charge is 2.21. The van der Waals surface area contributed by atoms with Crippen LogP contribution in [0.1, 0.15) is 37.2 Å². The fourth-order valence-electron chi connectivity index (χ4n) is 2.14. The molecule has 1 atom stereocenters. The van der Waals surface area contributed by atoms with Crippen LogP contribution < -0.4 is 5.32 Å². The fourth-order valence-corrected chi connectivity index (χ4v) is 2.38. The lowest BCUT2D eigenvalue weighted by molar-refractivity contribution is 0.484. The van der Waals surface area contributed by atoms with E-state index in [1.807, 2.05) is 29.9 Å². The van der Waals surface area contributed by atoms with Crippen LogP contribution in [-0.2, 0) is 0 Å². The summed E-state index contributed by atoms with van der Waals surface area (Å²) in [6.07, 6.45) is 1.71. The molecular formula is C14H18ClN3. The van der Waals surface area contributed by atoms with Crippen LogP contribution in [0, 0.1) is 0 Å². The van der Waals surface area contributed by atoms with Crippen LogP contribution in [0.15, 0.2) is 36.5 Å². The van der Waals surface area contributed by atoms with E-state index in [9.17, 15) is 0 Å². The van der Waals surface area contributed by atoms with Crippen LogP contribution in [0.25, 0.3) is 0 Å². The van der Waals surface area contributed by atoms with Gasteiger partial charge >= 0.3 is 0 Å². The Kier molecular flexibility index (Phi) is 4.04. The smallest absolute Gasteiger partial charge is 0.0837 e. The first kappa shape index (κ1) is 13.1. The minimum Gasteiger partial charge on any atom is -0.308 e. The zero-order chi connectivity index (χ0) is 13.1. The van der Waals surface area contributed by atoms with Gasteiger partial charge in [0.05, 0.1) is 23.0 Å². The lowest BCUT2D eigenvalue weighted by Crippen LogP contribution is -2.22. The van der Waals surface area contributed by atoms with Crippen LogP contribution in [0.5, 0.6) is 0 Å². The normalized spacial score (nSPS) is 12.9. The minimum absolute atomic E-state index is 0.0589. The first-order valence-corrected chi connectivity index (χ1v) is 6.48. The van der Waals surface area contributed by atoms with Crippen molar-refractivity contribution in [2.75, 3.05) is 7.05 Å². The molecule has 0 saturated heterocycles. The lowest BCUT2D eigenvalue weighted by atomic mass is 10.0. The summed E-state index contributed by atoms with van der Waals surface area (Å²) in [4.78, 5) is 0. The molecule has 0 aliphatic rings.